The van der Waals surface area contributed by atoms with Crippen LogP contribution >= 0.6 is 23.2 Å². The second-order valence-corrected chi connectivity index (χ2v) is 4.01. The summed E-state index contributed by atoms with van der Waals surface area (Å²) in [6, 6.07) is 0.361. The number of aromatic nitrogens is 2. The van der Waals surface area contributed by atoms with Gasteiger partial charge in [0.05, 0.1) is 6.33 Å². The third-order valence-corrected chi connectivity index (χ3v) is 2.76. The predicted octanol–water partition coefficient (Wildman–Crippen LogP) is 1.47. The maximum Gasteiger partial charge on any atom is 0.240 e. The van der Waals surface area contributed by atoms with Crippen molar-refractivity contribution in [2.24, 2.45) is 0 Å². The van der Waals surface area contributed by atoms with Crippen LogP contribution in [-0.2, 0) is 11.3 Å². The molecule has 1 fully saturated rings. The summed E-state index contributed by atoms with van der Waals surface area (Å²) in [6.07, 6.45) is 3.60. The van der Waals surface area contributed by atoms with Crippen molar-refractivity contribution < 1.29 is 4.79 Å². The molecule has 0 unspecified atom stereocenters. The van der Waals surface area contributed by atoms with Crippen molar-refractivity contribution in [3.05, 3.63) is 16.6 Å². The number of hydrogen-bond donors (Lipinski definition) is 1. The average Bonchev–Trinajstić information content (AvgIpc) is 2.89. The van der Waals surface area contributed by atoms with E-state index in [1.54, 1.807) is 0 Å². The number of carbonyl (C=O) groups is 1. The van der Waals surface area contributed by atoms with E-state index in [0.29, 0.717) is 11.2 Å². The Hall–Kier alpha value is -0.740. The highest BCUT2D eigenvalue weighted by atomic mass is 35.5. The third-order valence-electron chi connectivity index (χ3n) is 1.99. The van der Waals surface area contributed by atoms with Crippen LogP contribution in [0.1, 0.15) is 12.8 Å². The molecule has 1 aromatic heterocycles. The zero-order valence-corrected chi connectivity index (χ0v) is 8.85. The van der Waals surface area contributed by atoms with Crippen molar-refractivity contribution in [3.63, 3.8) is 0 Å². The van der Waals surface area contributed by atoms with Gasteiger partial charge in [-0.1, -0.05) is 23.2 Å². The van der Waals surface area contributed by atoms with E-state index in [1.807, 2.05) is 0 Å². The SMILES string of the molecule is O=C(Cn1cnc(Cl)c1Cl)NC1CC1. The molecular formula is C8H9Cl2N3O. The minimum absolute atomic E-state index is 0.0523. The molecule has 6 heteroatoms. The first kappa shape index (κ1) is 9.80. The summed E-state index contributed by atoms with van der Waals surface area (Å²) >= 11 is 11.4. The van der Waals surface area contributed by atoms with Gasteiger partial charge in [-0.05, 0) is 12.8 Å². The average molecular weight is 234 g/mol. The summed E-state index contributed by atoms with van der Waals surface area (Å²) in [5.41, 5.74) is 0. The lowest BCUT2D eigenvalue weighted by Gasteiger charge is -2.04. The van der Waals surface area contributed by atoms with E-state index < -0.39 is 0 Å². The molecular weight excluding hydrogens is 225 g/mol. The Morgan fingerprint density at radius 3 is 2.86 bits per heavy atom. The third kappa shape index (κ3) is 2.19. The normalized spacial score (nSPS) is 15.6. The first-order chi connectivity index (χ1) is 6.66. The van der Waals surface area contributed by atoms with E-state index in [-0.39, 0.29) is 17.6 Å². The van der Waals surface area contributed by atoms with Crippen LogP contribution in [0.4, 0.5) is 0 Å². The van der Waals surface area contributed by atoms with Crippen LogP contribution in [0.3, 0.4) is 0 Å². The first-order valence-corrected chi connectivity index (χ1v) is 5.08. The summed E-state index contributed by atoms with van der Waals surface area (Å²) in [5, 5.41) is 3.38. The first-order valence-electron chi connectivity index (χ1n) is 4.32. The largest absolute Gasteiger partial charge is 0.352 e. The van der Waals surface area contributed by atoms with Gasteiger partial charge in [0.2, 0.25) is 5.91 Å². The summed E-state index contributed by atoms with van der Waals surface area (Å²) in [5.74, 6) is -0.0523. The van der Waals surface area contributed by atoms with Crippen molar-refractivity contribution in [3.8, 4) is 0 Å². The van der Waals surface area contributed by atoms with Gasteiger partial charge in [0.1, 0.15) is 11.7 Å². The van der Waals surface area contributed by atoms with Crippen LogP contribution in [0.15, 0.2) is 6.33 Å². The maximum absolute atomic E-state index is 11.4. The minimum atomic E-state index is -0.0523. The highest BCUT2D eigenvalue weighted by Gasteiger charge is 2.23. The van der Waals surface area contributed by atoms with Gasteiger partial charge in [0.25, 0.3) is 0 Å². The molecule has 0 atom stereocenters. The van der Waals surface area contributed by atoms with Gasteiger partial charge in [-0.2, -0.15) is 0 Å². The smallest absolute Gasteiger partial charge is 0.240 e. The monoisotopic (exact) mass is 233 g/mol. The number of rotatable bonds is 3. The molecule has 2 rings (SSSR count). The molecule has 0 aliphatic heterocycles. The molecule has 0 radical (unpaired) electrons. The van der Waals surface area contributed by atoms with Gasteiger partial charge in [0, 0.05) is 6.04 Å². The van der Waals surface area contributed by atoms with E-state index in [2.05, 4.69) is 10.3 Å². The second-order valence-electron chi connectivity index (χ2n) is 3.30. The van der Waals surface area contributed by atoms with Crippen LogP contribution in [0.5, 0.6) is 0 Å². The second kappa shape index (κ2) is 3.79. The lowest BCUT2D eigenvalue weighted by molar-refractivity contribution is -0.121. The summed E-state index contributed by atoms with van der Waals surface area (Å²) in [7, 11) is 0. The van der Waals surface area contributed by atoms with Crippen LogP contribution in [0.2, 0.25) is 10.3 Å². The van der Waals surface area contributed by atoms with Gasteiger partial charge in [-0.25, -0.2) is 4.98 Å². The summed E-state index contributed by atoms with van der Waals surface area (Å²) in [6.45, 7) is 0.176. The predicted molar refractivity (Wildman–Crippen MR) is 53.4 cm³/mol. The van der Waals surface area contributed by atoms with E-state index >= 15 is 0 Å². The van der Waals surface area contributed by atoms with E-state index in [4.69, 9.17) is 23.2 Å². The summed E-state index contributed by atoms with van der Waals surface area (Å²) < 4.78 is 1.52. The molecule has 1 N–H and O–H groups in total. The van der Waals surface area contributed by atoms with Crippen molar-refractivity contribution in [2.75, 3.05) is 0 Å². The van der Waals surface area contributed by atoms with Crippen LogP contribution in [0, 0.1) is 0 Å². The summed E-state index contributed by atoms with van der Waals surface area (Å²) in [4.78, 5) is 15.1. The molecule has 0 bridgehead atoms. The van der Waals surface area contributed by atoms with Crippen molar-refractivity contribution in [1.29, 1.82) is 0 Å². The van der Waals surface area contributed by atoms with E-state index in [1.165, 1.54) is 10.9 Å². The Labute approximate surface area is 91.2 Å². The van der Waals surface area contributed by atoms with Crippen LogP contribution < -0.4 is 5.32 Å². The van der Waals surface area contributed by atoms with Gasteiger partial charge in [0.15, 0.2) is 5.15 Å². The van der Waals surface area contributed by atoms with Gasteiger partial charge in [-0.15, -0.1) is 0 Å². The Morgan fingerprint density at radius 2 is 2.36 bits per heavy atom. The molecule has 0 aromatic carbocycles. The van der Waals surface area contributed by atoms with E-state index in [9.17, 15) is 4.79 Å². The Morgan fingerprint density at radius 1 is 1.64 bits per heavy atom. The zero-order chi connectivity index (χ0) is 10.1. The molecule has 1 heterocycles. The highest BCUT2D eigenvalue weighted by molar-refractivity contribution is 6.40. The van der Waals surface area contributed by atoms with Gasteiger partial charge < -0.3 is 9.88 Å². The fourth-order valence-corrected chi connectivity index (χ4v) is 1.41. The minimum Gasteiger partial charge on any atom is -0.352 e. The van der Waals surface area contributed by atoms with E-state index in [0.717, 1.165) is 12.8 Å². The Bertz CT molecular complexity index is 359. The Kier molecular flexibility index (Phi) is 2.65. The highest BCUT2D eigenvalue weighted by Crippen LogP contribution is 2.20. The number of nitrogens with one attached hydrogen (secondary N) is 1. The molecule has 4 nitrogen and oxygen atoms in total. The number of halogens is 2. The lowest BCUT2D eigenvalue weighted by Crippen LogP contribution is -2.29. The standard InChI is InChI=1S/C8H9Cl2N3O/c9-7-8(10)13(4-11-7)3-6(14)12-5-1-2-5/h4-5H,1-3H2,(H,12,14). The van der Waals surface area contributed by atoms with Crippen molar-refractivity contribution in [1.82, 2.24) is 14.9 Å². The zero-order valence-electron chi connectivity index (χ0n) is 7.33. The number of nitrogens with zero attached hydrogens (tertiary/aromatic N) is 2. The topological polar surface area (TPSA) is 46.9 Å². The lowest BCUT2D eigenvalue weighted by atomic mass is 10.5. The molecule has 1 amide bonds. The Balaban J connectivity index is 1.95. The number of carbonyl (C=O) groups excluding carboxylic acids is 1. The number of amides is 1. The van der Waals surface area contributed by atoms with Crippen LogP contribution in [-0.4, -0.2) is 21.5 Å². The molecule has 0 saturated heterocycles. The molecule has 76 valence electrons. The molecule has 1 saturated carbocycles. The molecule has 1 aliphatic rings. The van der Waals surface area contributed by atoms with Crippen molar-refractivity contribution >= 4 is 29.1 Å². The van der Waals surface area contributed by atoms with Gasteiger partial charge in [-0.3, -0.25) is 4.79 Å². The maximum atomic E-state index is 11.4. The quantitative estimate of drug-likeness (QED) is 0.860. The number of imidazole rings is 1. The molecule has 1 aromatic rings. The van der Waals surface area contributed by atoms with Gasteiger partial charge >= 0.3 is 0 Å². The van der Waals surface area contributed by atoms with Crippen molar-refractivity contribution in [2.45, 2.75) is 25.4 Å². The molecule has 0 spiro atoms. The van der Waals surface area contributed by atoms with Crippen LogP contribution in [0.25, 0.3) is 0 Å². The fraction of sp³-hybridized carbons (Fsp3) is 0.500. The molecule has 14 heavy (non-hydrogen) atoms. The fourth-order valence-electron chi connectivity index (χ4n) is 1.11. The number of hydrogen-bond acceptors (Lipinski definition) is 2. The molecule has 1 aliphatic carbocycles.